The average Bonchev–Trinajstić information content (AvgIpc) is 2.47. The zero-order valence-electron chi connectivity index (χ0n) is 8.21. The Bertz CT molecular complexity index is 352. The van der Waals surface area contributed by atoms with Gasteiger partial charge in [0.05, 0.1) is 6.42 Å². The molecule has 0 aromatic heterocycles. The monoisotopic (exact) mass is 207 g/mol. The van der Waals surface area contributed by atoms with Crippen molar-refractivity contribution in [3.8, 4) is 0 Å². The maximum Gasteiger partial charge on any atom is 0.227 e. The van der Waals surface area contributed by atoms with Crippen molar-refractivity contribution < 1.29 is 15.0 Å². The number of hydrogen-bond acceptors (Lipinski definition) is 3. The first-order valence-corrected chi connectivity index (χ1v) is 4.88. The van der Waals surface area contributed by atoms with Crippen LogP contribution in [-0.4, -0.2) is 33.4 Å². The number of likely N-dealkylation sites (tertiary alicyclic amines) is 1. The molecule has 0 radical (unpaired) electrons. The second kappa shape index (κ2) is 4.00. The van der Waals surface area contributed by atoms with Crippen molar-refractivity contribution in [2.75, 3.05) is 0 Å². The number of aliphatic hydroxyl groups excluding tert-OH is 2. The number of hydrogen-bond donors (Lipinski definition) is 2. The van der Waals surface area contributed by atoms with Crippen molar-refractivity contribution in [3.05, 3.63) is 35.9 Å². The highest BCUT2D eigenvalue weighted by Crippen LogP contribution is 2.19. The van der Waals surface area contributed by atoms with Crippen molar-refractivity contribution in [2.45, 2.75) is 25.3 Å². The summed E-state index contributed by atoms with van der Waals surface area (Å²) < 4.78 is 0. The van der Waals surface area contributed by atoms with E-state index < -0.39 is 12.3 Å². The number of nitrogens with zero attached hydrogens (tertiary/aromatic N) is 1. The van der Waals surface area contributed by atoms with Crippen LogP contribution < -0.4 is 0 Å². The van der Waals surface area contributed by atoms with Gasteiger partial charge in [0.25, 0.3) is 0 Å². The van der Waals surface area contributed by atoms with Gasteiger partial charge in [0, 0.05) is 6.54 Å². The Hall–Kier alpha value is -1.39. The number of benzene rings is 1. The molecule has 1 saturated heterocycles. The fourth-order valence-corrected chi connectivity index (χ4v) is 1.72. The summed E-state index contributed by atoms with van der Waals surface area (Å²) in [4.78, 5) is 12.7. The number of rotatable bonds is 2. The number of aliphatic hydroxyl groups is 2. The second-order valence-corrected chi connectivity index (χ2v) is 3.69. The topological polar surface area (TPSA) is 60.8 Å². The van der Waals surface area contributed by atoms with E-state index in [0.29, 0.717) is 6.54 Å². The Morgan fingerprint density at radius 2 is 1.93 bits per heavy atom. The van der Waals surface area contributed by atoms with Gasteiger partial charge in [-0.25, -0.2) is 0 Å². The van der Waals surface area contributed by atoms with E-state index in [-0.39, 0.29) is 12.3 Å². The van der Waals surface area contributed by atoms with Crippen LogP contribution >= 0.6 is 0 Å². The normalized spacial score (nSPS) is 26.0. The summed E-state index contributed by atoms with van der Waals surface area (Å²) in [5.74, 6) is -0.209. The van der Waals surface area contributed by atoms with E-state index in [1.54, 1.807) is 0 Å². The zero-order chi connectivity index (χ0) is 10.8. The molecule has 4 nitrogen and oxygen atoms in total. The molecule has 2 rings (SSSR count). The lowest BCUT2D eigenvalue weighted by molar-refractivity contribution is -0.134. The summed E-state index contributed by atoms with van der Waals surface area (Å²) in [6.45, 7) is 0.345. The molecule has 1 unspecified atom stereocenters. The Morgan fingerprint density at radius 1 is 1.27 bits per heavy atom. The van der Waals surface area contributed by atoms with Gasteiger partial charge >= 0.3 is 0 Å². The summed E-state index contributed by atoms with van der Waals surface area (Å²) in [5.41, 5.74) is 0.944. The number of carbonyl (C=O) groups excluding carboxylic acids is 1. The first-order valence-electron chi connectivity index (χ1n) is 4.88. The predicted octanol–water partition coefficient (Wildman–Crippen LogP) is 0.0982. The molecular formula is C11H13NO3. The molecular weight excluding hydrogens is 194 g/mol. The molecule has 0 spiro atoms. The molecule has 2 N–H and O–H groups in total. The van der Waals surface area contributed by atoms with Crippen LogP contribution in [0.5, 0.6) is 0 Å². The fourth-order valence-electron chi connectivity index (χ4n) is 1.72. The lowest BCUT2D eigenvalue weighted by atomic mass is 10.2. The molecule has 0 bridgehead atoms. The van der Waals surface area contributed by atoms with Gasteiger partial charge in [0.15, 0.2) is 6.23 Å². The van der Waals surface area contributed by atoms with Gasteiger partial charge in [-0.3, -0.25) is 4.79 Å². The van der Waals surface area contributed by atoms with Gasteiger partial charge in [0.2, 0.25) is 5.91 Å². The predicted molar refractivity (Wildman–Crippen MR) is 53.6 cm³/mol. The van der Waals surface area contributed by atoms with Crippen molar-refractivity contribution in [1.29, 1.82) is 0 Å². The zero-order valence-corrected chi connectivity index (χ0v) is 8.21. The molecule has 1 fully saturated rings. The standard InChI is InChI=1S/C11H13NO3/c13-9-6-10(14)12(11(9)15)7-8-4-2-1-3-5-8/h1-5,9,11,13,15H,6-7H2/t9-,11?/m1/s1. The van der Waals surface area contributed by atoms with Gasteiger partial charge in [-0.05, 0) is 5.56 Å². The maximum atomic E-state index is 11.4. The third kappa shape index (κ3) is 2.00. The van der Waals surface area contributed by atoms with E-state index in [1.165, 1.54) is 4.90 Å². The summed E-state index contributed by atoms with van der Waals surface area (Å²) >= 11 is 0. The minimum atomic E-state index is -1.07. The molecule has 1 amide bonds. The van der Waals surface area contributed by atoms with E-state index in [2.05, 4.69) is 0 Å². The smallest absolute Gasteiger partial charge is 0.227 e. The third-order valence-corrected chi connectivity index (χ3v) is 2.56. The van der Waals surface area contributed by atoms with Crippen LogP contribution in [0.25, 0.3) is 0 Å². The van der Waals surface area contributed by atoms with E-state index >= 15 is 0 Å². The first-order chi connectivity index (χ1) is 7.18. The van der Waals surface area contributed by atoms with Crippen LogP contribution in [0, 0.1) is 0 Å². The minimum Gasteiger partial charge on any atom is -0.388 e. The SMILES string of the molecule is O=C1C[C@@H](O)C(O)N1Cc1ccccc1. The van der Waals surface area contributed by atoms with Crippen LogP contribution in [0.4, 0.5) is 0 Å². The summed E-state index contributed by atoms with van der Waals surface area (Å²) in [6, 6.07) is 9.40. The average molecular weight is 207 g/mol. The van der Waals surface area contributed by atoms with Crippen LogP contribution in [0.2, 0.25) is 0 Å². The van der Waals surface area contributed by atoms with E-state index in [9.17, 15) is 15.0 Å². The quantitative estimate of drug-likeness (QED) is 0.723. The van der Waals surface area contributed by atoms with Crippen molar-refractivity contribution in [3.63, 3.8) is 0 Å². The Balaban J connectivity index is 2.09. The molecule has 4 heteroatoms. The largest absolute Gasteiger partial charge is 0.388 e. The van der Waals surface area contributed by atoms with Crippen LogP contribution in [0.1, 0.15) is 12.0 Å². The molecule has 1 aliphatic heterocycles. The van der Waals surface area contributed by atoms with Gasteiger partial charge in [-0.2, -0.15) is 0 Å². The second-order valence-electron chi connectivity index (χ2n) is 3.69. The molecule has 0 saturated carbocycles. The highest BCUT2D eigenvalue weighted by Gasteiger charge is 2.36. The van der Waals surface area contributed by atoms with Gasteiger partial charge in [-0.1, -0.05) is 30.3 Å². The fraction of sp³-hybridized carbons (Fsp3) is 0.364. The molecule has 80 valence electrons. The van der Waals surface area contributed by atoms with E-state index in [4.69, 9.17) is 0 Å². The molecule has 1 heterocycles. The lowest BCUT2D eigenvalue weighted by Gasteiger charge is -2.21. The highest BCUT2D eigenvalue weighted by atomic mass is 16.4. The van der Waals surface area contributed by atoms with Crippen molar-refractivity contribution in [1.82, 2.24) is 4.90 Å². The maximum absolute atomic E-state index is 11.4. The summed E-state index contributed by atoms with van der Waals surface area (Å²) in [5, 5.41) is 18.8. The molecule has 0 aliphatic carbocycles. The Kier molecular flexibility index (Phi) is 2.70. The Morgan fingerprint density at radius 3 is 2.47 bits per heavy atom. The van der Waals surface area contributed by atoms with Gasteiger partial charge in [-0.15, -0.1) is 0 Å². The van der Waals surface area contributed by atoms with Gasteiger partial charge < -0.3 is 15.1 Å². The highest BCUT2D eigenvalue weighted by molar-refractivity contribution is 5.79. The minimum absolute atomic E-state index is 0.00794. The summed E-state index contributed by atoms with van der Waals surface area (Å²) in [7, 11) is 0. The lowest BCUT2D eigenvalue weighted by Crippen LogP contribution is -2.36. The molecule has 1 aromatic carbocycles. The molecule has 2 atom stereocenters. The number of amides is 1. The third-order valence-electron chi connectivity index (χ3n) is 2.56. The van der Waals surface area contributed by atoms with Crippen LogP contribution in [0.3, 0.4) is 0 Å². The molecule has 15 heavy (non-hydrogen) atoms. The summed E-state index contributed by atoms with van der Waals surface area (Å²) in [6.07, 6.45) is -2.02. The first kappa shape index (κ1) is 10.1. The number of carbonyl (C=O) groups is 1. The van der Waals surface area contributed by atoms with Crippen molar-refractivity contribution in [2.24, 2.45) is 0 Å². The molecule has 1 aromatic rings. The van der Waals surface area contributed by atoms with Gasteiger partial charge in [0.1, 0.15) is 6.10 Å². The van der Waals surface area contributed by atoms with Crippen molar-refractivity contribution >= 4 is 5.91 Å². The van der Waals surface area contributed by atoms with E-state index in [1.807, 2.05) is 30.3 Å². The molecule has 1 aliphatic rings. The Labute approximate surface area is 87.8 Å². The van der Waals surface area contributed by atoms with E-state index in [0.717, 1.165) is 5.56 Å². The van der Waals surface area contributed by atoms with Crippen LogP contribution in [0.15, 0.2) is 30.3 Å². The van der Waals surface area contributed by atoms with Crippen LogP contribution in [-0.2, 0) is 11.3 Å².